The Bertz CT molecular complexity index is 1290. The van der Waals surface area contributed by atoms with Gasteiger partial charge in [0.1, 0.15) is 12.4 Å². The van der Waals surface area contributed by atoms with E-state index in [0.717, 1.165) is 0 Å². The summed E-state index contributed by atoms with van der Waals surface area (Å²) in [6.07, 6.45) is 1.33. The number of amides is 1. The van der Waals surface area contributed by atoms with Gasteiger partial charge in [-0.3, -0.25) is 0 Å². The van der Waals surface area contributed by atoms with Crippen LogP contribution in [-0.4, -0.2) is 42.5 Å². The van der Waals surface area contributed by atoms with Crippen LogP contribution in [0.5, 0.6) is 0 Å². The van der Waals surface area contributed by atoms with Crippen molar-refractivity contribution >= 4 is 25.1 Å². The number of alkyl carbamates (subject to hydrolysis) is 1. The first-order valence-electron chi connectivity index (χ1n) is 12.5. The topological polar surface area (TPSA) is 95.7 Å². The number of nitrogen functional groups attached to an aromatic ring is 1. The molecule has 1 amide bonds. The molecule has 0 saturated carbocycles. The molecule has 3 N–H and O–H groups in total. The quantitative estimate of drug-likeness (QED) is 0.454. The van der Waals surface area contributed by atoms with E-state index in [2.05, 4.69) is 34.6 Å². The lowest BCUT2D eigenvalue weighted by Gasteiger charge is -2.32. The van der Waals surface area contributed by atoms with Crippen LogP contribution in [0.2, 0.25) is 0 Å². The van der Waals surface area contributed by atoms with Crippen molar-refractivity contribution in [2.24, 2.45) is 0 Å². The van der Waals surface area contributed by atoms with E-state index in [4.69, 9.17) is 19.8 Å². The number of hydrogen-bond acceptors (Lipinski definition) is 6. The van der Waals surface area contributed by atoms with Gasteiger partial charge in [-0.15, -0.1) is 0 Å². The van der Waals surface area contributed by atoms with Gasteiger partial charge in [0.15, 0.2) is 0 Å². The molecule has 0 bridgehead atoms. The Balaban J connectivity index is 1.29. The van der Waals surface area contributed by atoms with Crippen LogP contribution in [0.3, 0.4) is 0 Å². The van der Waals surface area contributed by atoms with Gasteiger partial charge in [0.05, 0.1) is 16.9 Å². The lowest BCUT2D eigenvalue weighted by Crippen LogP contribution is -2.41. The third-order valence-corrected chi connectivity index (χ3v) is 7.46. The molecule has 37 heavy (non-hydrogen) atoms. The second-order valence-corrected chi connectivity index (χ2v) is 10.5. The number of rotatable bonds is 6. The number of fused-ring (bicyclic) bond motifs is 3. The highest BCUT2D eigenvalue weighted by atomic mass is 16.7. The van der Waals surface area contributed by atoms with Crippen molar-refractivity contribution in [3.05, 3.63) is 89.0 Å². The molecular formula is C29H32BN3O4. The van der Waals surface area contributed by atoms with E-state index < -0.39 is 24.4 Å². The zero-order chi connectivity index (χ0) is 26.2. The number of anilines is 1. The molecule has 2 aromatic carbocycles. The Labute approximate surface area is 218 Å². The molecule has 1 aromatic heterocycles. The maximum absolute atomic E-state index is 12.8. The Hall–Kier alpha value is -3.62. The molecule has 2 aliphatic rings. The molecule has 8 heteroatoms. The Morgan fingerprint density at radius 1 is 0.973 bits per heavy atom. The van der Waals surface area contributed by atoms with Gasteiger partial charge >= 0.3 is 13.2 Å². The van der Waals surface area contributed by atoms with Crippen molar-refractivity contribution in [3.63, 3.8) is 0 Å². The van der Waals surface area contributed by atoms with Gasteiger partial charge < -0.3 is 25.1 Å². The third kappa shape index (κ3) is 4.99. The first-order chi connectivity index (χ1) is 17.6. The van der Waals surface area contributed by atoms with Crippen LogP contribution in [0, 0.1) is 0 Å². The van der Waals surface area contributed by atoms with E-state index in [1.165, 1.54) is 22.3 Å². The second-order valence-electron chi connectivity index (χ2n) is 10.5. The van der Waals surface area contributed by atoms with Gasteiger partial charge in [0, 0.05) is 12.5 Å². The number of benzene rings is 2. The summed E-state index contributed by atoms with van der Waals surface area (Å²) >= 11 is 0. The highest BCUT2D eigenvalue weighted by Gasteiger charge is 2.52. The van der Waals surface area contributed by atoms with Gasteiger partial charge in [0.2, 0.25) is 0 Å². The fourth-order valence-corrected chi connectivity index (χ4v) is 4.76. The number of nitrogens with one attached hydrogen (secondary N) is 1. The monoisotopic (exact) mass is 497 g/mol. The normalized spacial score (nSPS) is 17.8. The van der Waals surface area contributed by atoms with Gasteiger partial charge in [0.25, 0.3) is 0 Å². The summed E-state index contributed by atoms with van der Waals surface area (Å²) in [5.74, 6) is 0.402. The standard InChI is InChI=1S/C29H32BN3O4/c1-28(2)29(3,4)37-30(36-28)19(16-20-10-9-15-26(31)33-20)17-32-27(34)35-18-25-23-13-7-5-11-21(23)22-12-6-8-14-24(22)25/h5-16,25H,17-18H2,1-4H3,(H2,31,33)(H,32,34). The lowest BCUT2D eigenvalue weighted by molar-refractivity contribution is 0.00578. The molecule has 1 saturated heterocycles. The van der Waals surface area contributed by atoms with E-state index in [-0.39, 0.29) is 19.1 Å². The number of carbonyl (C=O) groups is 1. The molecule has 2 heterocycles. The predicted molar refractivity (Wildman–Crippen MR) is 146 cm³/mol. The maximum Gasteiger partial charge on any atom is 0.492 e. The number of carbonyl (C=O) groups excluding carboxylic acids is 1. The summed E-state index contributed by atoms with van der Waals surface area (Å²) in [5.41, 5.74) is 10.9. The summed E-state index contributed by atoms with van der Waals surface area (Å²) in [6.45, 7) is 8.37. The van der Waals surface area contributed by atoms with E-state index in [0.29, 0.717) is 17.0 Å². The molecule has 190 valence electrons. The first kappa shape index (κ1) is 25.1. The number of pyridine rings is 1. The summed E-state index contributed by atoms with van der Waals surface area (Å²) < 4.78 is 18.2. The third-order valence-electron chi connectivity index (χ3n) is 7.46. The Morgan fingerprint density at radius 3 is 2.16 bits per heavy atom. The molecule has 0 spiro atoms. The minimum Gasteiger partial charge on any atom is -0.449 e. The fourth-order valence-electron chi connectivity index (χ4n) is 4.76. The van der Waals surface area contributed by atoms with Crippen LogP contribution in [0.25, 0.3) is 17.2 Å². The van der Waals surface area contributed by atoms with Crippen LogP contribution >= 0.6 is 0 Å². The number of ether oxygens (including phenoxy) is 1. The zero-order valence-corrected chi connectivity index (χ0v) is 21.7. The van der Waals surface area contributed by atoms with Gasteiger partial charge in [-0.2, -0.15) is 0 Å². The summed E-state index contributed by atoms with van der Waals surface area (Å²) in [7, 11) is -0.651. The zero-order valence-electron chi connectivity index (χ0n) is 21.7. The molecule has 7 nitrogen and oxygen atoms in total. The van der Waals surface area contributed by atoms with Gasteiger partial charge in [-0.25, -0.2) is 9.78 Å². The molecule has 0 atom stereocenters. The number of aromatic nitrogens is 1. The summed E-state index contributed by atoms with van der Waals surface area (Å²) in [5, 5.41) is 2.87. The summed E-state index contributed by atoms with van der Waals surface area (Å²) in [4.78, 5) is 17.2. The SMILES string of the molecule is CC1(C)OB(C(=Cc2cccc(N)n2)CNC(=O)OCC2c3ccccc3-c3ccccc32)OC1(C)C. The minimum atomic E-state index is -0.651. The molecule has 0 unspecified atom stereocenters. The molecule has 1 aliphatic carbocycles. The first-order valence-corrected chi connectivity index (χ1v) is 12.5. The predicted octanol–water partition coefficient (Wildman–Crippen LogP) is 5.22. The second kappa shape index (κ2) is 9.69. The van der Waals surface area contributed by atoms with Gasteiger partial charge in [-0.1, -0.05) is 54.6 Å². The van der Waals surface area contributed by atoms with E-state index in [9.17, 15) is 4.79 Å². The van der Waals surface area contributed by atoms with E-state index in [1.54, 1.807) is 6.07 Å². The van der Waals surface area contributed by atoms with Crippen molar-refractivity contribution in [1.82, 2.24) is 10.3 Å². The van der Waals surface area contributed by atoms with Crippen LogP contribution in [-0.2, 0) is 14.0 Å². The largest absolute Gasteiger partial charge is 0.492 e. The van der Waals surface area contributed by atoms with Crippen molar-refractivity contribution in [2.45, 2.75) is 44.8 Å². The van der Waals surface area contributed by atoms with Crippen molar-refractivity contribution in [2.75, 3.05) is 18.9 Å². The molecule has 1 aliphatic heterocycles. The fraction of sp³-hybridized carbons (Fsp3) is 0.310. The molecular weight excluding hydrogens is 465 g/mol. The maximum atomic E-state index is 12.8. The van der Waals surface area contributed by atoms with Crippen LogP contribution < -0.4 is 11.1 Å². The number of nitrogens with two attached hydrogens (primary N) is 1. The average molecular weight is 497 g/mol. The lowest BCUT2D eigenvalue weighted by atomic mass is 9.77. The van der Waals surface area contributed by atoms with Crippen molar-refractivity contribution in [1.29, 1.82) is 0 Å². The smallest absolute Gasteiger partial charge is 0.449 e. The highest BCUT2D eigenvalue weighted by molar-refractivity contribution is 6.56. The molecule has 5 rings (SSSR count). The van der Waals surface area contributed by atoms with Crippen LogP contribution in [0.1, 0.15) is 50.4 Å². The van der Waals surface area contributed by atoms with Crippen molar-refractivity contribution < 1.29 is 18.8 Å². The minimum absolute atomic E-state index is 0.00671. The van der Waals surface area contributed by atoms with Gasteiger partial charge in [-0.05, 0) is 73.6 Å². The van der Waals surface area contributed by atoms with E-state index in [1.807, 2.05) is 70.2 Å². The molecule has 0 radical (unpaired) electrons. The molecule has 3 aromatic rings. The molecule has 1 fully saturated rings. The van der Waals surface area contributed by atoms with Crippen LogP contribution in [0.4, 0.5) is 10.6 Å². The number of nitrogens with zero attached hydrogens (tertiary/aromatic N) is 1. The Morgan fingerprint density at radius 2 is 1.57 bits per heavy atom. The highest BCUT2D eigenvalue weighted by Crippen LogP contribution is 2.44. The average Bonchev–Trinajstić information content (AvgIpc) is 3.29. The number of hydrogen-bond donors (Lipinski definition) is 2. The Kier molecular flexibility index (Phi) is 6.56. The van der Waals surface area contributed by atoms with Crippen LogP contribution in [0.15, 0.2) is 72.2 Å². The van der Waals surface area contributed by atoms with Crippen molar-refractivity contribution in [3.8, 4) is 11.1 Å². The van der Waals surface area contributed by atoms with E-state index >= 15 is 0 Å². The summed E-state index contributed by atoms with van der Waals surface area (Å²) in [6, 6.07) is 21.9.